The van der Waals surface area contributed by atoms with Crippen molar-refractivity contribution in [2.75, 3.05) is 46.9 Å². The van der Waals surface area contributed by atoms with Crippen LogP contribution in [-0.2, 0) is 9.59 Å². The molecular formula is C24H37N3O3. The van der Waals surface area contributed by atoms with E-state index in [9.17, 15) is 9.59 Å². The van der Waals surface area contributed by atoms with Crippen LogP contribution in [0.5, 0.6) is 5.75 Å². The molecule has 2 aliphatic heterocycles. The SMILES string of the molecule is CN1CCC(N(C)C(=O)CCC2CCCN(C(=O)CCOc3ccccc3)C2)CC1. The first-order valence-corrected chi connectivity index (χ1v) is 11.4. The molecule has 6 nitrogen and oxygen atoms in total. The van der Waals surface area contributed by atoms with Gasteiger partial charge in [-0.1, -0.05) is 18.2 Å². The predicted molar refractivity (Wildman–Crippen MR) is 118 cm³/mol. The van der Waals surface area contributed by atoms with E-state index in [2.05, 4.69) is 11.9 Å². The van der Waals surface area contributed by atoms with Crippen molar-refractivity contribution in [3.8, 4) is 5.75 Å². The van der Waals surface area contributed by atoms with E-state index in [1.54, 1.807) is 0 Å². The average Bonchev–Trinajstić information content (AvgIpc) is 2.78. The molecule has 0 N–H and O–H groups in total. The maximum absolute atomic E-state index is 12.7. The number of benzene rings is 1. The number of hydrogen-bond donors (Lipinski definition) is 0. The van der Waals surface area contributed by atoms with Gasteiger partial charge in [-0.15, -0.1) is 0 Å². The minimum absolute atomic E-state index is 0.158. The Morgan fingerprint density at radius 2 is 1.80 bits per heavy atom. The summed E-state index contributed by atoms with van der Waals surface area (Å²) in [6.07, 6.45) is 6.13. The highest BCUT2D eigenvalue weighted by molar-refractivity contribution is 5.77. The van der Waals surface area contributed by atoms with Crippen molar-refractivity contribution in [2.45, 2.75) is 51.0 Å². The third kappa shape index (κ3) is 6.73. The molecule has 3 rings (SSSR count). The summed E-state index contributed by atoms with van der Waals surface area (Å²) >= 11 is 0. The van der Waals surface area contributed by atoms with Gasteiger partial charge in [-0.3, -0.25) is 9.59 Å². The molecule has 2 fully saturated rings. The molecule has 1 atom stereocenters. The lowest BCUT2D eigenvalue weighted by Crippen LogP contribution is -2.45. The third-order valence-corrected chi connectivity index (χ3v) is 6.60. The molecule has 0 bridgehead atoms. The number of amides is 2. The highest BCUT2D eigenvalue weighted by Gasteiger charge is 2.27. The van der Waals surface area contributed by atoms with Crippen LogP contribution in [0, 0.1) is 5.92 Å². The Morgan fingerprint density at radius 1 is 1.07 bits per heavy atom. The van der Waals surface area contributed by atoms with E-state index in [0.717, 1.165) is 64.0 Å². The number of carbonyl (C=O) groups excluding carboxylic acids is 2. The molecular weight excluding hydrogens is 378 g/mol. The standard InChI is InChI=1S/C24H37N3O3/c1-25-16-12-21(13-17-25)26(2)23(28)11-10-20-7-6-15-27(19-20)24(29)14-18-30-22-8-4-3-5-9-22/h3-5,8-9,20-21H,6-7,10-19H2,1-2H3. The Kier molecular flexibility index (Phi) is 8.55. The highest BCUT2D eigenvalue weighted by Crippen LogP contribution is 2.23. The van der Waals surface area contributed by atoms with Crippen molar-refractivity contribution in [1.82, 2.24) is 14.7 Å². The van der Waals surface area contributed by atoms with Crippen LogP contribution in [0.25, 0.3) is 0 Å². The fraction of sp³-hybridized carbons (Fsp3) is 0.667. The zero-order valence-electron chi connectivity index (χ0n) is 18.6. The number of para-hydroxylation sites is 1. The molecule has 30 heavy (non-hydrogen) atoms. The van der Waals surface area contributed by atoms with Gasteiger partial charge >= 0.3 is 0 Å². The molecule has 2 heterocycles. The van der Waals surface area contributed by atoms with Crippen LogP contribution in [0.3, 0.4) is 0 Å². The summed E-state index contributed by atoms with van der Waals surface area (Å²) in [6, 6.07) is 9.99. The van der Waals surface area contributed by atoms with Gasteiger partial charge < -0.3 is 19.4 Å². The quantitative estimate of drug-likeness (QED) is 0.655. The number of nitrogens with zero attached hydrogens (tertiary/aromatic N) is 3. The maximum Gasteiger partial charge on any atom is 0.226 e. The van der Waals surface area contributed by atoms with Gasteiger partial charge in [0.05, 0.1) is 13.0 Å². The molecule has 1 aromatic rings. The molecule has 0 aliphatic carbocycles. The molecule has 0 saturated carbocycles. The number of likely N-dealkylation sites (tertiary alicyclic amines) is 2. The van der Waals surface area contributed by atoms with Crippen LogP contribution in [-0.4, -0.2) is 79.4 Å². The van der Waals surface area contributed by atoms with Crippen molar-refractivity contribution in [1.29, 1.82) is 0 Å². The summed E-state index contributed by atoms with van der Waals surface area (Å²) in [5, 5.41) is 0. The fourth-order valence-corrected chi connectivity index (χ4v) is 4.55. The number of carbonyl (C=O) groups is 2. The number of piperidine rings is 2. The van der Waals surface area contributed by atoms with Gasteiger partial charge in [0.2, 0.25) is 11.8 Å². The number of ether oxygens (including phenoxy) is 1. The van der Waals surface area contributed by atoms with Gasteiger partial charge in [0.1, 0.15) is 5.75 Å². The van der Waals surface area contributed by atoms with Crippen LogP contribution in [0.4, 0.5) is 0 Å². The largest absolute Gasteiger partial charge is 0.493 e. The highest BCUT2D eigenvalue weighted by atomic mass is 16.5. The van der Waals surface area contributed by atoms with E-state index in [0.29, 0.717) is 31.4 Å². The summed E-state index contributed by atoms with van der Waals surface area (Å²) in [4.78, 5) is 31.5. The fourth-order valence-electron chi connectivity index (χ4n) is 4.55. The Balaban J connectivity index is 1.36. The second-order valence-electron chi connectivity index (χ2n) is 8.84. The molecule has 2 aliphatic rings. The molecule has 0 radical (unpaired) electrons. The summed E-state index contributed by atoms with van der Waals surface area (Å²) in [5.41, 5.74) is 0. The predicted octanol–water partition coefficient (Wildman–Crippen LogP) is 3.03. The Bertz CT molecular complexity index is 674. The molecule has 0 aromatic heterocycles. The van der Waals surface area contributed by atoms with Crippen molar-refractivity contribution in [2.24, 2.45) is 5.92 Å². The normalized spacial score (nSPS) is 20.7. The van der Waals surface area contributed by atoms with E-state index in [1.807, 2.05) is 47.2 Å². The Morgan fingerprint density at radius 3 is 2.53 bits per heavy atom. The summed E-state index contributed by atoms with van der Waals surface area (Å²) < 4.78 is 5.66. The van der Waals surface area contributed by atoms with Gasteiger partial charge in [-0.25, -0.2) is 0 Å². The lowest BCUT2D eigenvalue weighted by atomic mass is 9.92. The first-order chi connectivity index (χ1) is 14.5. The number of rotatable bonds is 8. The Hall–Kier alpha value is -2.08. The second-order valence-corrected chi connectivity index (χ2v) is 8.84. The van der Waals surface area contributed by atoms with E-state index in [-0.39, 0.29) is 11.8 Å². The van der Waals surface area contributed by atoms with Gasteiger partial charge in [0.25, 0.3) is 0 Å². The van der Waals surface area contributed by atoms with Crippen LogP contribution in [0.1, 0.15) is 44.9 Å². The molecule has 2 amide bonds. The smallest absolute Gasteiger partial charge is 0.226 e. The molecule has 1 unspecified atom stereocenters. The zero-order valence-corrected chi connectivity index (χ0v) is 18.6. The topological polar surface area (TPSA) is 53.1 Å². The molecule has 6 heteroatoms. The first kappa shape index (κ1) is 22.6. The van der Waals surface area contributed by atoms with E-state index in [1.165, 1.54) is 0 Å². The summed E-state index contributed by atoms with van der Waals surface area (Å²) in [5.74, 6) is 1.64. The van der Waals surface area contributed by atoms with Crippen molar-refractivity contribution >= 4 is 11.8 Å². The number of hydrogen-bond acceptors (Lipinski definition) is 4. The third-order valence-electron chi connectivity index (χ3n) is 6.60. The van der Waals surface area contributed by atoms with Crippen molar-refractivity contribution in [3.63, 3.8) is 0 Å². The van der Waals surface area contributed by atoms with E-state index >= 15 is 0 Å². The van der Waals surface area contributed by atoms with Crippen LogP contribution in [0.2, 0.25) is 0 Å². The lowest BCUT2D eigenvalue weighted by molar-refractivity contribution is -0.134. The minimum atomic E-state index is 0.158. The van der Waals surface area contributed by atoms with Crippen LogP contribution in [0.15, 0.2) is 30.3 Å². The maximum atomic E-state index is 12.7. The molecule has 2 saturated heterocycles. The van der Waals surface area contributed by atoms with Gasteiger partial charge in [-0.05, 0) is 70.3 Å². The Labute approximate surface area is 181 Å². The van der Waals surface area contributed by atoms with Crippen LogP contribution >= 0.6 is 0 Å². The van der Waals surface area contributed by atoms with Gasteiger partial charge in [0.15, 0.2) is 0 Å². The minimum Gasteiger partial charge on any atom is -0.493 e. The molecule has 166 valence electrons. The summed E-state index contributed by atoms with van der Waals surface area (Å²) in [7, 11) is 4.10. The monoisotopic (exact) mass is 415 g/mol. The first-order valence-electron chi connectivity index (χ1n) is 11.4. The van der Waals surface area contributed by atoms with Crippen LogP contribution < -0.4 is 4.74 Å². The zero-order chi connectivity index (χ0) is 21.3. The summed E-state index contributed by atoms with van der Waals surface area (Å²) in [6.45, 7) is 4.13. The molecule has 0 spiro atoms. The van der Waals surface area contributed by atoms with Crippen molar-refractivity contribution in [3.05, 3.63) is 30.3 Å². The average molecular weight is 416 g/mol. The van der Waals surface area contributed by atoms with Crippen molar-refractivity contribution < 1.29 is 14.3 Å². The molecule has 1 aromatic carbocycles. The second kappa shape index (κ2) is 11.3. The van der Waals surface area contributed by atoms with E-state index < -0.39 is 0 Å². The van der Waals surface area contributed by atoms with Gasteiger partial charge in [0, 0.05) is 32.6 Å². The lowest BCUT2D eigenvalue weighted by Gasteiger charge is -2.36. The van der Waals surface area contributed by atoms with E-state index in [4.69, 9.17) is 4.74 Å². The van der Waals surface area contributed by atoms with Gasteiger partial charge in [-0.2, -0.15) is 0 Å².